The fourth-order valence-electron chi connectivity index (χ4n) is 1.72. The van der Waals surface area contributed by atoms with Gasteiger partial charge in [0.2, 0.25) is 0 Å². The lowest BCUT2D eigenvalue weighted by Crippen LogP contribution is -2.29. The lowest BCUT2D eigenvalue weighted by atomic mass is 10.0. The Balaban J connectivity index is 2.20. The van der Waals surface area contributed by atoms with Gasteiger partial charge in [0.1, 0.15) is 11.6 Å². The van der Waals surface area contributed by atoms with Crippen molar-refractivity contribution in [1.29, 1.82) is 0 Å². The van der Waals surface area contributed by atoms with Gasteiger partial charge in [0.05, 0.1) is 9.83 Å². The van der Waals surface area contributed by atoms with Gasteiger partial charge in [0.25, 0.3) is 0 Å². The van der Waals surface area contributed by atoms with Crippen LogP contribution in [0.25, 0.3) is 0 Å². The standard InChI is InChI=1S/C12H11BrF2N2S/c13-12-2-1-11(18-12)10(17-16)5-7-3-8(14)6-9(15)4-7/h1-4,6,10,17H,5,16H2. The number of hydrogen-bond donors (Lipinski definition) is 2. The quantitative estimate of drug-likeness (QED) is 0.663. The zero-order valence-corrected chi connectivity index (χ0v) is 11.7. The highest BCUT2D eigenvalue weighted by atomic mass is 79.9. The van der Waals surface area contributed by atoms with Crippen LogP contribution in [-0.4, -0.2) is 0 Å². The van der Waals surface area contributed by atoms with Gasteiger partial charge in [-0.05, 0) is 52.2 Å². The average Bonchev–Trinajstić information content (AvgIpc) is 2.71. The first-order chi connectivity index (χ1) is 8.58. The van der Waals surface area contributed by atoms with Crippen molar-refractivity contribution >= 4 is 27.3 Å². The zero-order chi connectivity index (χ0) is 13.1. The second kappa shape index (κ2) is 5.88. The summed E-state index contributed by atoms with van der Waals surface area (Å²) in [7, 11) is 0. The third kappa shape index (κ3) is 3.35. The van der Waals surface area contributed by atoms with E-state index in [9.17, 15) is 8.78 Å². The molecule has 0 spiro atoms. The molecular weight excluding hydrogens is 322 g/mol. The molecule has 0 saturated heterocycles. The largest absolute Gasteiger partial charge is 0.271 e. The van der Waals surface area contributed by atoms with Gasteiger partial charge in [-0.1, -0.05) is 0 Å². The van der Waals surface area contributed by atoms with Gasteiger partial charge in [0, 0.05) is 10.9 Å². The van der Waals surface area contributed by atoms with Crippen molar-refractivity contribution in [2.24, 2.45) is 5.84 Å². The summed E-state index contributed by atoms with van der Waals surface area (Å²) in [6.45, 7) is 0. The topological polar surface area (TPSA) is 38.0 Å². The molecule has 96 valence electrons. The Morgan fingerprint density at radius 2 is 1.89 bits per heavy atom. The van der Waals surface area contributed by atoms with Crippen molar-refractivity contribution in [2.75, 3.05) is 0 Å². The van der Waals surface area contributed by atoms with Crippen LogP contribution in [-0.2, 0) is 6.42 Å². The van der Waals surface area contributed by atoms with Crippen LogP contribution in [0.3, 0.4) is 0 Å². The van der Waals surface area contributed by atoms with E-state index in [1.54, 1.807) is 0 Å². The van der Waals surface area contributed by atoms with Gasteiger partial charge < -0.3 is 0 Å². The number of rotatable bonds is 4. The molecule has 6 heteroatoms. The highest BCUT2D eigenvalue weighted by molar-refractivity contribution is 9.11. The second-order valence-electron chi connectivity index (χ2n) is 3.84. The van der Waals surface area contributed by atoms with Crippen molar-refractivity contribution < 1.29 is 8.78 Å². The molecule has 2 nitrogen and oxygen atoms in total. The number of benzene rings is 1. The predicted molar refractivity (Wildman–Crippen MR) is 72.1 cm³/mol. The molecule has 0 aliphatic heterocycles. The van der Waals surface area contributed by atoms with Crippen molar-refractivity contribution in [3.8, 4) is 0 Å². The second-order valence-corrected chi connectivity index (χ2v) is 6.34. The maximum absolute atomic E-state index is 13.1. The van der Waals surface area contributed by atoms with E-state index in [2.05, 4.69) is 21.4 Å². The third-order valence-electron chi connectivity index (χ3n) is 2.50. The first-order valence-corrected chi connectivity index (χ1v) is 6.86. The SMILES string of the molecule is NNC(Cc1cc(F)cc(F)c1)c1ccc(Br)s1. The highest BCUT2D eigenvalue weighted by Crippen LogP contribution is 2.29. The molecule has 3 N–H and O–H groups in total. The van der Waals surface area contributed by atoms with E-state index in [0.29, 0.717) is 12.0 Å². The van der Waals surface area contributed by atoms with Crippen LogP contribution in [0.4, 0.5) is 8.78 Å². The summed E-state index contributed by atoms with van der Waals surface area (Å²) in [6.07, 6.45) is 0.429. The van der Waals surface area contributed by atoms with E-state index in [-0.39, 0.29) is 6.04 Å². The van der Waals surface area contributed by atoms with Gasteiger partial charge in [-0.25, -0.2) is 8.78 Å². The van der Waals surface area contributed by atoms with E-state index >= 15 is 0 Å². The zero-order valence-electron chi connectivity index (χ0n) is 9.29. The Kier molecular flexibility index (Phi) is 4.45. The van der Waals surface area contributed by atoms with Crippen LogP contribution < -0.4 is 11.3 Å². The summed E-state index contributed by atoms with van der Waals surface area (Å²) in [4.78, 5) is 1.01. The molecule has 1 aromatic carbocycles. The summed E-state index contributed by atoms with van der Waals surface area (Å²) in [5, 5.41) is 0. The molecule has 2 aromatic rings. The van der Waals surface area contributed by atoms with E-state index in [1.807, 2.05) is 12.1 Å². The van der Waals surface area contributed by atoms with Gasteiger partial charge in [-0.3, -0.25) is 11.3 Å². The number of nitrogens with two attached hydrogens (primary N) is 1. The molecule has 0 aliphatic carbocycles. The summed E-state index contributed by atoms with van der Waals surface area (Å²) in [6, 6.07) is 7.16. The Hall–Kier alpha value is -0.820. The minimum Gasteiger partial charge on any atom is -0.271 e. The Labute approximate surface area is 116 Å². The highest BCUT2D eigenvalue weighted by Gasteiger charge is 2.14. The Morgan fingerprint density at radius 1 is 1.22 bits per heavy atom. The van der Waals surface area contributed by atoms with E-state index < -0.39 is 11.6 Å². The summed E-state index contributed by atoms with van der Waals surface area (Å²) < 4.78 is 27.2. The molecule has 2 rings (SSSR count). The smallest absolute Gasteiger partial charge is 0.126 e. The number of halogens is 3. The minimum atomic E-state index is -0.576. The fourth-order valence-corrected chi connectivity index (χ4v) is 3.21. The van der Waals surface area contributed by atoms with Crippen LogP contribution in [0.15, 0.2) is 34.1 Å². The molecule has 0 amide bonds. The molecule has 0 bridgehead atoms. The molecule has 0 aliphatic rings. The first kappa shape index (κ1) is 13.6. The van der Waals surface area contributed by atoms with Crippen molar-refractivity contribution in [3.63, 3.8) is 0 Å². The molecule has 0 fully saturated rings. The first-order valence-electron chi connectivity index (χ1n) is 5.25. The molecule has 0 radical (unpaired) electrons. The molecule has 1 atom stereocenters. The van der Waals surface area contributed by atoms with Crippen LogP contribution in [0.2, 0.25) is 0 Å². The predicted octanol–water partition coefficient (Wildman–Crippen LogP) is 3.54. The van der Waals surface area contributed by atoms with Crippen LogP contribution in [0, 0.1) is 11.6 Å². The van der Waals surface area contributed by atoms with Crippen molar-refractivity contribution in [1.82, 2.24) is 5.43 Å². The van der Waals surface area contributed by atoms with Crippen molar-refractivity contribution in [3.05, 3.63) is 56.2 Å². The third-order valence-corrected chi connectivity index (χ3v) is 4.24. The molecular formula is C12H11BrF2N2S. The van der Waals surface area contributed by atoms with E-state index in [1.165, 1.54) is 23.5 Å². The van der Waals surface area contributed by atoms with Crippen LogP contribution in [0.5, 0.6) is 0 Å². The maximum atomic E-state index is 13.1. The lowest BCUT2D eigenvalue weighted by Gasteiger charge is -2.14. The molecule has 18 heavy (non-hydrogen) atoms. The van der Waals surface area contributed by atoms with Gasteiger partial charge in [-0.15, -0.1) is 11.3 Å². The summed E-state index contributed by atoms with van der Waals surface area (Å²) >= 11 is 4.90. The molecule has 1 aromatic heterocycles. The number of hydrazine groups is 1. The van der Waals surface area contributed by atoms with E-state index in [0.717, 1.165) is 14.7 Å². The summed E-state index contributed by atoms with van der Waals surface area (Å²) in [5.74, 6) is 4.34. The van der Waals surface area contributed by atoms with Crippen LogP contribution >= 0.6 is 27.3 Å². The Morgan fingerprint density at radius 3 is 2.39 bits per heavy atom. The normalized spacial score (nSPS) is 12.7. The lowest BCUT2D eigenvalue weighted by molar-refractivity contribution is 0.546. The number of thiophene rings is 1. The molecule has 0 saturated carbocycles. The molecule has 1 heterocycles. The average molecular weight is 333 g/mol. The minimum absolute atomic E-state index is 0.164. The number of hydrogen-bond acceptors (Lipinski definition) is 3. The van der Waals surface area contributed by atoms with Gasteiger partial charge in [-0.2, -0.15) is 0 Å². The van der Waals surface area contributed by atoms with Gasteiger partial charge >= 0.3 is 0 Å². The monoisotopic (exact) mass is 332 g/mol. The fraction of sp³-hybridized carbons (Fsp3) is 0.167. The van der Waals surface area contributed by atoms with Crippen LogP contribution in [0.1, 0.15) is 16.5 Å². The number of nitrogens with one attached hydrogen (secondary N) is 1. The summed E-state index contributed by atoms with van der Waals surface area (Å²) in [5.41, 5.74) is 3.23. The maximum Gasteiger partial charge on any atom is 0.126 e. The van der Waals surface area contributed by atoms with E-state index in [4.69, 9.17) is 5.84 Å². The molecule has 1 unspecified atom stereocenters. The van der Waals surface area contributed by atoms with Gasteiger partial charge in [0.15, 0.2) is 0 Å². The van der Waals surface area contributed by atoms with Crippen molar-refractivity contribution in [2.45, 2.75) is 12.5 Å². The Bertz CT molecular complexity index is 524.